The Morgan fingerprint density at radius 2 is 1.89 bits per heavy atom. The van der Waals surface area contributed by atoms with E-state index in [0.717, 1.165) is 38.7 Å². The number of nitrogens with zero attached hydrogens (tertiary/aromatic N) is 4. The van der Waals surface area contributed by atoms with Crippen LogP contribution in [-0.2, 0) is 6.42 Å². The standard InChI is InChI=1S/C21H19N5OS/c1-13-14(2)25-19-10-15(5-6-18(19)24-13)20(27)23-9-7-17-12-28-21(26-17)16-4-3-8-22-11-16/h3-6,8,10-12H,7,9H2,1-2H3,(H,23,27). The molecule has 6 nitrogen and oxygen atoms in total. The molecule has 140 valence electrons. The Kier molecular flexibility index (Phi) is 5.08. The van der Waals surface area contributed by atoms with Crippen molar-refractivity contribution in [1.82, 2.24) is 25.3 Å². The van der Waals surface area contributed by atoms with Gasteiger partial charge in [0, 0.05) is 41.9 Å². The molecular weight excluding hydrogens is 370 g/mol. The first kappa shape index (κ1) is 18.2. The molecule has 0 spiro atoms. The number of hydrogen-bond donors (Lipinski definition) is 1. The van der Waals surface area contributed by atoms with Crippen molar-refractivity contribution in [2.75, 3.05) is 6.54 Å². The van der Waals surface area contributed by atoms with Crippen LogP contribution >= 0.6 is 11.3 Å². The van der Waals surface area contributed by atoms with E-state index in [1.807, 2.05) is 37.4 Å². The van der Waals surface area contributed by atoms with E-state index in [-0.39, 0.29) is 5.91 Å². The Bertz CT molecular complexity index is 1140. The third kappa shape index (κ3) is 3.89. The Labute approximate surface area is 166 Å². The lowest BCUT2D eigenvalue weighted by molar-refractivity contribution is 0.0954. The molecule has 0 fully saturated rings. The number of amides is 1. The number of benzene rings is 1. The largest absolute Gasteiger partial charge is 0.352 e. The molecule has 0 saturated heterocycles. The summed E-state index contributed by atoms with van der Waals surface area (Å²) in [7, 11) is 0. The zero-order chi connectivity index (χ0) is 19.5. The average Bonchev–Trinajstić information content (AvgIpc) is 3.18. The van der Waals surface area contributed by atoms with Crippen LogP contribution in [0.5, 0.6) is 0 Å². The first-order valence-electron chi connectivity index (χ1n) is 8.98. The highest BCUT2D eigenvalue weighted by Crippen LogP contribution is 2.22. The highest BCUT2D eigenvalue weighted by molar-refractivity contribution is 7.13. The van der Waals surface area contributed by atoms with Crippen molar-refractivity contribution < 1.29 is 4.79 Å². The van der Waals surface area contributed by atoms with Crippen LogP contribution in [-0.4, -0.2) is 32.4 Å². The van der Waals surface area contributed by atoms with E-state index in [1.54, 1.807) is 35.9 Å². The SMILES string of the molecule is Cc1nc2ccc(C(=O)NCCc3csc(-c4cccnc4)n3)cc2nc1C. The molecule has 28 heavy (non-hydrogen) atoms. The average molecular weight is 389 g/mol. The number of fused-ring (bicyclic) bond motifs is 1. The van der Waals surface area contributed by atoms with Crippen molar-refractivity contribution in [3.05, 3.63) is 70.8 Å². The van der Waals surface area contributed by atoms with E-state index in [1.165, 1.54) is 0 Å². The second-order valence-corrected chi connectivity index (χ2v) is 7.35. The fourth-order valence-electron chi connectivity index (χ4n) is 2.82. The zero-order valence-electron chi connectivity index (χ0n) is 15.6. The van der Waals surface area contributed by atoms with Crippen LogP contribution in [0, 0.1) is 13.8 Å². The maximum Gasteiger partial charge on any atom is 0.251 e. The van der Waals surface area contributed by atoms with Crippen LogP contribution in [0.2, 0.25) is 0 Å². The molecule has 0 aliphatic heterocycles. The maximum atomic E-state index is 12.5. The summed E-state index contributed by atoms with van der Waals surface area (Å²) in [6, 6.07) is 9.29. The number of carbonyl (C=O) groups is 1. The Morgan fingerprint density at radius 3 is 2.68 bits per heavy atom. The molecule has 0 aliphatic carbocycles. The summed E-state index contributed by atoms with van der Waals surface area (Å²) in [5.41, 5.74) is 5.85. The normalized spacial score (nSPS) is 10.9. The molecular formula is C21H19N5OS. The molecule has 0 bridgehead atoms. The van der Waals surface area contributed by atoms with Gasteiger partial charge in [-0.25, -0.2) is 15.0 Å². The van der Waals surface area contributed by atoms with Crippen LogP contribution in [0.4, 0.5) is 0 Å². The number of aromatic nitrogens is 4. The Balaban J connectivity index is 1.39. The minimum absolute atomic E-state index is 0.121. The Morgan fingerprint density at radius 1 is 1.07 bits per heavy atom. The lowest BCUT2D eigenvalue weighted by atomic mass is 10.1. The number of pyridine rings is 1. The molecule has 0 atom stereocenters. The van der Waals surface area contributed by atoms with E-state index in [9.17, 15) is 4.79 Å². The Hall–Kier alpha value is -3.19. The molecule has 4 rings (SSSR count). The summed E-state index contributed by atoms with van der Waals surface area (Å²) in [5, 5.41) is 5.91. The van der Waals surface area contributed by atoms with Gasteiger partial charge in [0.1, 0.15) is 5.01 Å². The van der Waals surface area contributed by atoms with Crippen LogP contribution in [0.25, 0.3) is 21.6 Å². The van der Waals surface area contributed by atoms with Gasteiger partial charge >= 0.3 is 0 Å². The third-order valence-electron chi connectivity index (χ3n) is 4.46. The smallest absolute Gasteiger partial charge is 0.251 e. The minimum Gasteiger partial charge on any atom is -0.352 e. The van der Waals surface area contributed by atoms with Gasteiger partial charge in [0.15, 0.2) is 0 Å². The molecule has 7 heteroatoms. The maximum absolute atomic E-state index is 12.5. The highest BCUT2D eigenvalue weighted by atomic mass is 32.1. The first-order chi connectivity index (χ1) is 13.6. The number of hydrogen-bond acceptors (Lipinski definition) is 6. The van der Waals surface area contributed by atoms with Gasteiger partial charge < -0.3 is 5.32 Å². The fourth-order valence-corrected chi connectivity index (χ4v) is 3.67. The zero-order valence-corrected chi connectivity index (χ0v) is 16.5. The van der Waals surface area contributed by atoms with Crippen molar-refractivity contribution in [2.45, 2.75) is 20.3 Å². The van der Waals surface area contributed by atoms with Crippen LogP contribution in [0.3, 0.4) is 0 Å². The topological polar surface area (TPSA) is 80.7 Å². The molecule has 3 aromatic heterocycles. The van der Waals surface area contributed by atoms with E-state index >= 15 is 0 Å². The van der Waals surface area contributed by atoms with Crippen molar-refractivity contribution in [2.24, 2.45) is 0 Å². The van der Waals surface area contributed by atoms with Gasteiger partial charge in [-0.1, -0.05) is 0 Å². The molecule has 0 saturated carbocycles. The van der Waals surface area contributed by atoms with Gasteiger partial charge in [0.25, 0.3) is 5.91 Å². The highest BCUT2D eigenvalue weighted by Gasteiger charge is 2.10. The summed E-state index contributed by atoms with van der Waals surface area (Å²) >= 11 is 1.58. The molecule has 0 aliphatic rings. The summed E-state index contributed by atoms with van der Waals surface area (Å²) in [5.74, 6) is -0.121. The molecule has 0 unspecified atom stereocenters. The number of nitrogens with one attached hydrogen (secondary N) is 1. The van der Waals surface area contributed by atoms with Gasteiger partial charge in [-0.05, 0) is 44.2 Å². The summed E-state index contributed by atoms with van der Waals surface area (Å²) in [4.78, 5) is 30.2. The van der Waals surface area contributed by atoms with E-state index in [2.05, 4.69) is 25.3 Å². The molecule has 1 amide bonds. The van der Waals surface area contributed by atoms with E-state index in [0.29, 0.717) is 18.5 Å². The first-order valence-corrected chi connectivity index (χ1v) is 9.86. The lowest BCUT2D eigenvalue weighted by Gasteiger charge is -2.06. The quantitative estimate of drug-likeness (QED) is 0.562. The van der Waals surface area contributed by atoms with Gasteiger partial charge in [0.05, 0.1) is 28.1 Å². The number of rotatable bonds is 5. The van der Waals surface area contributed by atoms with Gasteiger partial charge in [0.2, 0.25) is 0 Å². The van der Waals surface area contributed by atoms with Gasteiger partial charge in [-0.2, -0.15) is 0 Å². The van der Waals surface area contributed by atoms with Crippen LogP contribution in [0.1, 0.15) is 27.4 Å². The predicted octanol–water partition coefficient (Wildman–Crippen LogP) is 3.74. The number of carbonyl (C=O) groups excluding carboxylic acids is 1. The van der Waals surface area contributed by atoms with Crippen molar-refractivity contribution in [3.8, 4) is 10.6 Å². The van der Waals surface area contributed by atoms with Crippen molar-refractivity contribution in [1.29, 1.82) is 0 Å². The minimum atomic E-state index is -0.121. The van der Waals surface area contributed by atoms with E-state index < -0.39 is 0 Å². The molecule has 3 heterocycles. The molecule has 0 radical (unpaired) electrons. The summed E-state index contributed by atoms with van der Waals surface area (Å²) in [6.45, 7) is 4.37. The van der Waals surface area contributed by atoms with Crippen molar-refractivity contribution >= 4 is 28.3 Å². The van der Waals surface area contributed by atoms with Crippen LogP contribution < -0.4 is 5.32 Å². The number of aryl methyl sites for hydroxylation is 2. The predicted molar refractivity (Wildman–Crippen MR) is 110 cm³/mol. The summed E-state index contributed by atoms with van der Waals surface area (Å²) in [6.07, 6.45) is 4.22. The molecule has 1 aromatic carbocycles. The molecule has 4 aromatic rings. The van der Waals surface area contributed by atoms with E-state index in [4.69, 9.17) is 0 Å². The van der Waals surface area contributed by atoms with Gasteiger partial charge in [-0.15, -0.1) is 11.3 Å². The van der Waals surface area contributed by atoms with Crippen LogP contribution in [0.15, 0.2) is 48.1 Å². The van der Waals surface area contributed by atoms with Gasteiger partial charge in [-0.3, -0.25) is 9.78 Å². The second-order valence-electron chi connectivity index (χ2n) is 6.49. The summed E-state index contributed by atoms with van der Waals surface area (Å²) < 4.78 is 0. The number of thiazole rings is 1. The third-order valence-corrected chi connectivity index (χ3v) is 5.40. The molecule has 1 N–H and O–H groups in total. The lowest BCUT2D eigenvalue weighted by Crippen LogP contribution is -2.25. The second kappa shape index (κ2) is 7.82. The fraction of sp³-hybridized carbons (Fsp3) is 0.190. The monoisotopic (exact) mass is 389 g/mol. The van der Waals surface area contributed by atoms with Crippen molar-refractivity contribution in [3.63, 3.8) is 0 Å².